The van der Waals surface area contributed by atoms with Crippen LogP contribution in [0.1, 0.15) is 29.0 Å². The molecule has 4 aromatic rings. The number of halogens is 1. The highest BCUT2D eigenvalue weighted by Crippen LogP contribution is 2.26. The Bertz CT molecular complexity index is 1050. The minimum absolute atomic E-state index is 0.183. The first kappa shape index (κ1) is 15.4. The number of H-pyrrole nitrogens is 1. The third-order valence-corrected chi connectivity index (χ3v) is 4.49. The first-order valence-electron chi connectivity index (χ1n) is 8.19. The molecule has 1 aromatic heterocycles. The van der Waals surface area contributed by atoms with Gasteiger partial charge in [0.05, 0.1) is 6.04 Å². The van der Waals surface area contributed by atoms with Gasteiger partial charge in [-0.25, -0.2) is 4.39 Å². The number of nitrogens with one attached hydrogen (secondary N) is 2. The first-order valence-corrected chi connectivity index (χ1v) is 8.19. The largest absolute Gasteiger partial charge is 0.351 e. The van der Waals surface area contributed by atoms with Crippen LogP contribution in [0.15, 0.2) is 66.7 Å². The number of aromatic nitrogens is 1. The Morgan fingerprint density at radius 1 is 1.00 bits per heavy atom. The molecule has 4 rings (SSSR count). The number of para-hydroxylation sites is 1. The van der Waals surface area contributed by atoms with Crippen LogP contribution in [0, 0.1) is 5.82 Å². The lowest BCUT2D eigenvalue weighted by Crippen LogP contribution is -2.27. The molecule has 3 nitrogen and oxygen atoms in total. The fourth-order valence-electron chi connectivity index (χ4n) is 3.21. The zero-order valence-corrected chi connectivity index (χ0v) is 13.7. The Kier molecular flexibility index (Phi) is 3.73. The van der Waals surface area contributed by atoms with Crippen molar-refractivity contribution in [1.29, 1.82) is 0 Å². The quantitative estimate of drug-likeness (QED) is 0.548. The average Bonchev–Trinajstić information content (AvgIpc) is 3.06. The van der Waals surface area contributed by atoms with Crippen molar-refractivity contribution in [2.45, 2.75) is 13.0 Å². The van der Waals surface area contributed by atoms with Crippen LogP contribution in [-0.4, -0.2) is 10.9 Å². The lowest BCUT2D eigenvalue weighted by molar-refractivity contribution is 0.0936. The summed E-state index contributed by atoms with van der Waals surface area (Å²) in [6.07, 6.45) is 0. The van der Waals surface area contributed by atoms with E-state index in [0.29, 0.717) is 11.1 Å². The molecule has 124 valence electrons. The van der Waals surface area contributed by atoms with Crippen molar-refractivity contribution in [2.24, 2.45) is 0 Å². The fourth-order valence-corrected chi connectivity index (χ4v) is 3.21. The molecule has 1 amide bonds. The number of benzene rings is 3. The van der Waals surface area contributed by atoms with E-state index >= 15 is 0 Å². The predicted octanol–water partition coefficient (Wildman–Crippen LogP) is 4.95. The van der Waals surface area contributed by atoms with Crippen LogP contribution in [0.25, 0.3) is 21.7 Å². The zero-order chi connectivity index (χ0) is 17.4. The molecule has 2 N–H and O–H groups in total. The zero-order valence-electron chi connectivity index (χ0n) is 13.7. The smallest absolute Gasteiger partial charge is 0.268 e. The number of rotatable bonds is 3. The summed E-state index contributed by atoms with van der Waals surface area (Å²) in [7, 11) is 0. The average molecular weight is 332 g/mol. The minimum Gasteiger partial charge on any atom is -0.351 e. The number of carbonyl (C=O) groups excluding carboxylic acids is 1. The van der Waals surface area contributed by atoms with Gasteiger partial charge >= 0.3 is 0 Å². The fraction of sp³-hybridized carbons (Fsp3) is 0.0952. The molecule has 4 heteroatoms. The van der Waals surface area contributed by atoms with Crippen molar-refractivity contribution < 1.29 is 9.18 Å². The first-order chi connectivity index (χ1) is 12.1. The van der Waals surface area contributed by atoms with E-state index < -0.39 is 0 Å². The molecule has 1 unspecified atom stereocenters. The van der Waals surface area contributed by atoms with Gasteiger partial charge in [-0.05, 0) is 36.1 Å². The summed E-state index contributed by atoms with van der Waals surface area (Å²) >= 11 is 0. The number of hydrogen-bond acceptors (Lipinski definition) is 1. The van der Waals surface area contributed by atoms with Gasteiger partial charge in [-0.1, -0.05) is 48.5 Å². The maximum Gasteiger partial charge on any atom is 0.268 e. The predicted molar refractivity (Wildman–Crippen MR) is 98.1 cm³/mol. The second-order valence-electron chi connectivity index (χ2n) is 6.15. The lowest BCUT2D eigenvalue weighted by atomic mass is 9.99. The van der Waals surface area contributed by atoms with Crippen LogP contribution in [0.4, 0.5) is 4.39 Å². The normalized spacial score (nSPS) is 12.4. The van der Waals surface area contributed by atoms with Gasteiger partial charge in [0.2, 0.25) is 0 Å². The van der Waals surface area contributed by atoms with E-state index in [1.807, 2.05) is 55.5 Å². The summed E-state index contributed by atoms with van der Waals surface area (Å²) in [5.41, 5.74) is 2.33. The summed E-state index contributed by atoms with van der Waals surface area (Å²) in [4.78, 5) is 15.7. The molecule has 0 bridgehead atoms. The summed E-state index contributed by atoms with van der Waals surface area (Å²) in [6, 6.07) is 19.8. The van der Waals surface area contributed by atoms with Crippen LogP contribution in [0.2, 0.25) is 0 Å². The Balaban J connectivity index is 1.64. The molecule has 0 aliphatic rings. The molecular weight excluding hydrogens is 315 g/mol. The van der Waals surface area contributed by atoms with E-state index in [1.54, 1.807) is 12.1 Å². The highest BCUT2D eigenvalue weighted by molar-refractivity contribution is 5.98. The molecule has 1 heterocycles. The van der Waals surface area contributed by atoms with Crippen molar-refractivity contribution >= 4 is 27.6 Å². The molecular formula is C21H17FN2O. The van der Waals surface area contributed by atoms with Crippen LogP contribution in [0.5, 0.6) is 0 Å². The van der Waals surface area contributed by atoms with Gasteiger partial charge in [0.1, 0.15) is 11.5 Å². The summed E-state index contributed by atoms with van der Waals surface area (Å²) < 4.78 is 14.0. The van der Waals surface area contributed by atoms with Crippen LogP contribution < -0.4 is 5.32 Å². The number of aromatic amines is 1. The van der Waals surface area contributed by atoms with Crippen molar-refractivity contribution in [1.82, 2.24) is 10.3 Å². The van der Waals surface area contributed by atoms with Gasteiger partial charge in [0, 0.05) is 16.3 Å². The van der Waals surface area contributed by atoms with Gasteiger partial charge in [0.15, 0.2) is 0 Å². The highest BCUT2D eigenvalue weighted by Gasteiger charge is 2.16. The topological polar surface area (TPSA) is 44.9 Å². The van der Waals surface area contributed by atoms with Gasteiger partial charge in [0.25, 0.3) is 5.91 Å². The third-order valence-electron chi connectivity index (χ3n) is 4.49. The van der Waals surface area contributed by atoms with Gasteiger partial charge in [-0.15, -0.1) is 0 Å². The number of amides is 1. The van der Waals surface area contributed by atoms with Crippen LogP contribution in [-0.2, 0) is 0 Å². The van der Waals surface area contributed by atoms with Crippen LogP contribution in [0.3, 0.4) is 0 Å². The highest BCUT2D eigenvalue weighted by atomic mass is 19.1. The summed E-state index contributed by atoms with van der Waals surface area (Å²) in [5.74, 6) is -0.439. The molecule has 0 aliphatic carbocycles. The third kappa shape index (κ3) is 2.76. The molecule has 0 saturated heterocycles. The molecule has 0 aliphatic heterocycles. The lowest BCUT2D eigenvalue weighted by Gasteiger charge is -2.16. The summed E-state index contributed by atoms with van der Waals surface area (Å²) in [5, 5.41) is 5.36. The Labute approximate surface area is 144 Å². The molecule has 0 fully saturated rings. The molecule has 1 atom stereocenters. The Morgan fingerprint density at radius 2 is 1.72 bits per heavy atom. The van der Waals surface area contributed by atoms with Gasteiger partial charge in [-0.3, -0.25) is 4.79 Å². The van der Waals surface area contributed by atoms with Gasteiger partial charge < -0.3 is 10.3 Å². The molecule has 25 heavy (non-hydrogen) atoms. The molecule has 0 spiro atoms. The van der Waals surface area contributed by atoms with E-state index in [9.17, 15) is 9.18 Å². The Morgan fingerprint density at radius 3 is 2.52 bits per heavy atom. The summed E-state index contributed by atoms with van der Waals surface area (Å²) in [6.45, 7) is 1.90. The number of hydrogen-bond donors (Lipinski definition) is 2. The SMILES string of the molecule is CC(NC(=O)c1cc2ccccc2[nH]1)c1ccc(F)c2ccccc12. The minimum atomic E-state index is -0.256. The van der Waals surface area contributed by atoms with E-state index in [1.165, 1.54) is 6.07 Å². The monoisotopic (exact) mass is 332 g/mol. The Hall–Kier alpha value is -3.14. The van der Waals surface area contributed by atoms with Crippen LogP contribution >= 0.6 is 0 Å². The van der Waals surface area contributed by atoms with E-state index in [-0.39, 0.29) is 17.8 Å². The maximum atomic E-state index is 14.0. The van der Waals surface area contributed by atoms with E-state index in [2.05, 4.69) is 10.3 Å². The van der Waals surface area contributed by atoms with Crippen molar-refractivity contribution in [3.63, 3.8) is 0 Å². The second kappa shape index (κ2) is 6.06. The second-order valence-corrected chi connectivity index (χ2v) is 6.15. The van der Waals surface area contributed by atoms with Gasteiger partial charge in [-0.2, -0.15) is 0 Å². The van der Waals surface area contributed by atoms with Crippen molar-refractivity contribution in [3.05, 3.63) is 83.8 Å². The maximum absolute atomic E-state index is 14.0. The van der Waals surface area contributed by atoms with E-state index in [4.69, 9.17) is 0 Å². The molecule has 0 saturated carbocycles. The van der Waals surface area contributed by atoms with Crippen molar-refractivity contribution in [3.8, 4) is 0 Å². The molecule has 0 radical (unpaired) electrons. The standard InChI is InChI=1S/C21H17FN2O/c1-13(15-10-11-18(22)17-8-4-3-7-16(15)17)23-21(25)20-12-14-6-2-5-9-19(14)24-20/h2-13,24H,1H3,(H,23,25). The number of fused-ring (bicyclic) bond motifs is 2. The number of carbonyl (C=O) groups is 1. The van der Waals surface area contributed by atoms with Crippen molar-refractivity contribution in [2.75, 3.05) is 0 Å². The molecule has 3 aromatic carbocycles. The van der Waals surface area contributed by atoms with E-state index in [0.717, 1.165) is 21.9 Å².